The van der Waals surface area contributed by atoms with Crippen molar-refractivity contribution in [3.05, 3.63) is 35.9 Å². The first kappa shape index (κ1) is 120. The van der Waals surface area contributed by atoms with E-state index < -0.39 is 80.8 Å². The SMILES string of the molecule is C.C.C.C.C.C.C.C=CCC#N.CCC[CH2][SnH]([CH2]CCC)[CH2]CCC.ClI.FC(F)=C(F)Cl.N#CCC(I)CC(F)(Cl)C(F)(F)Cl.N#CCCCC(F)(Cl)C(F)(F)Cl.N#CCCCC(F)=C(F)F.[B].[B].[Zn]. The van der Waals surface area contributed by atoms with Crippen molar-refractivity contribution >= 4 is 148 Å². The molecule has 71 heavy (non-hydrogen) atoms. The summed E-state index contributed by atoms with van der Waals surface area (Å²) in [7, 11) is 4.61. The van der Waals surface area contributed by atoms with Gasteiger partial charge < -0.3 is 0 Å². The molecule has 0 aliphatic carbocycles. The quantitative estimate of drug-likeness (QED) is 0.0286. The maximum atomic E-state index is 12.9. The van der Waals surface area contributed by atoms with Crippen LogP contribution in [0.25, 0.3) is 0 Å². The van der Waals surface area contributed by atoms with E-state index in [0.29, 0.717) is 6.42 Å². The van der Waals surface area contributed by atoms with Crippen molar-refractivity contribution in [1.29, 1.82) is 21.0 Å². The van der Waals surface area contributed by atoms with E-state index in [9.17, 15) is 52.7 Å². The molecule has 6 radical (unpaired) electrons. The van der Waals surface area contributed by atoms with E-state index >= 15 is 0 Å². The molecule has 0 bridgehead atoms. The Kier molecular flexibility index (Phi) is 135. The van der Waals surface area contributed by atoms with Gasteiger partial charge in [-0.1, -0.05) is 104 Å². The molecular formula is C43H78B2Cl6F12I2N4SnZn. The van der Waals surface area contributed by atoms with Crippen LogP contribution in [0.15, 0.2) is 35.9 Å². The number of hydrogen-bond acceptors (Lipinski definition) is 4. The van der Waals surface area contributed by atoms with Gasteiger partial charge in [-0.15, -0.1) is 6.58 Å². The zero-order chi connectivity index (χ0) is 49.7. The number of halogens is 20. The van der Waals surface area contributed by atoms with Crippen LogP contribution in [-0.2, 0) is 19.5 Å². The molecule has 3 unspecified atom stereocenters. The number of nitriles is 4. The third-order valence-corrected chi connectivity index (χ3v) is 19.7. The number of alkyl halides is 11. The van der Waals surface area contributed by atoms with Gasteiger partial charge in [-0.3, -0.25) is 0 Å². The first-order chi connectivity index (χ1) is 28.1. The van der Waals surface area contributed by atoms with Crippen LogP contribution < -0.4 is 0 Å². The molecule has 0 saturated heterocycles. The van der Waals surface area contributed by atoms with E-state index in [1.807, 2.05) is 6.07 Å². The van der Waals surface area contributed by atoms with Crippen molar-refractivity contribution < 1.29 is 72.2 Å². The van der Waals surface area contributed by atoms with Crippen LogP contribution in [0.4, 0.5) is 52.7 Å². The van der Waals surface area contributed by atoms with Crippen molar-refractivity contribution in [2.45, 2.75) is 207 Å². The molecular weight excluding hydrogens is 1470 g/mol. The second-order valence-corrected chi connectivity index (χ2v) is 25.8. The van der Waals surface area contributed by atoms with Crippen molar-refractivity contribution in [3.63, 3.8) is 0 Å². The standard InChI is InChI=1S/C6H5Cl2F3IN.C6H6Cl2F3N.C6H6F3N.C4H5N.3C4H9.C2ClF3.7CH4.2B.ClI.Sn.Zn.H/c7-5(9,6(8,10)11)3-4(12)1-2-13;7-5(9,6(8,10)11)3-1-2-4-12;7-5(6(8)9)3-1-2-4-10;1-2-3-4-5;3*1-3-4-2;3-1(4)2(5)6;;;;;;;;;;1-2;;;/h4H,1,3H2;1-3H2;1-3H2;2H,1,3H2;3*1,3-4H2,2H3;;7*1H4;;;;;;. The summed E-state index contributed by atoms with van der Waals surface area (Å²) < 4.78 is 145. The first-order valence-corrected chi connectivity index (χ1v) is 30.8. The molecule has 3 atom stereocenters. The van der Waals surface area contributed by atoms with Crippen molar-refractivity contribution in [1.82, 2.24) is 0 Å². The molecule has 0 aromatic heterocycles. The molecule has 0 N–H and O–H groups in total. The summed E-state index contributed by atoms with van der Waals surface area (Å²) in [5, 5.41) is 15.2. The van der Waals surface area contributed by atoms with Gasteiger partial charge in [0.1, 0.15) is 0 Å². The van der Waals surface area contributed by atoms with E-state index in [-0.39, 0.29) is 127 Å². The van der Waals surface area contributed by atoms with Crippen LogP contribution in [0.1, 0.15) is 169 Å². The van der Waals surface area contributed by atoms with Gasteiger partial charge in [-0.05, 0) is 56.6 Å². The number of hydrogen-bond donors (Lipinski definition) is 0. The fourth-order valence-electron chi connectivity index (χ4n) is 3.49. The maximum absolute atomic E-state index is 12.9. The summed E-state index contributed by atoms with van der Waals surface area (Å²) in [6.07, 6.45) is 4.65. The number of rotatable bonds is 21. The van der Waals surface area contributed by atoms with Crippen LogP contribution in [0.2, 0.25) is 13.3 Å². The largest absolute Gasteiger partial charge is 0.369 e. The Morgan fingerprint density at radius 3 is 1.14 bits per heavy atom. The molecule has 28 heteroatoms. The topological polar surface area (TPSA) is 95.2 Å². The molecule has 0 amide bonds. The van der Waals surface area contributed by atoms with Crippen LogP contribution in [-0.4, -0.2) is 61.5 Å². The molecule has 422 valence electrons. The molecule has 4 nitrogen and oxygen atoms in total. The zero-order valence-corrected chi connectivity index (χ0v) is 50.5. The van der Waals surface area contributed by atoms with E-state index in [1.54, 1.807) is 81.6 Å². The molecule has 0 rings (SSSR count). The third-order valence-electron chi connectivity index (χ3n) is 6.57. The summed E-state index contributed by atoms with van der Waals surface area (Å²) in [5.41, 5.74) is 0. The molecule has 0 heterocycles. The summed E-state index contributed by atoms with van der Waals surface area (Å²) in [6, 6.07) is 7.03. The van der Waals surface area contributed by atoms with Gasteiger partial charge in [-0.25, -0.2) is 13.2 Å². The van der Waals surface area contributed by atoms with Crippen LogP contribution in [0.5, 0.6) is 0 Å². The molecule has 0 aromatic rings. The van der Waals surface area contributed by atoms with Gasteiger partial charge in [0.2, 0.25) is 0 Å². The Hall–Kier alpha value is 1.09. The average molecular weight is 1550 g/mol. The van der Waals surface area contributed by atoms with Crippen LogP contribution in [0.3, 0.4) is 0 Å². The normalized spacial score (nSPS) is 10.6. The van der Waals surface area contributed by atoms with Crippen molar-refractivity contribution in [2.75, 3.05) is 0 Å². The predicted octanol–water partition coefficient (Wildman–Crippen LogP) is 23.2. The second kappa shape index (κ2) is 80.0. The fourth-order valence-corrected chi connectivity index (χ4v) is 16.0. The van der Waals surface area contributed by atoms with Gasteiger partial charge >= 0.3 is 115 Å². The predicted molar refractivity (Wildman–Crippen MR) is 304 cm³/mol. The van der Waals surface area contributed by atoms with Gasteiger partial charge in [0, 0.05) is 100 Å². The van der Waals surface area contributed by atoms with Crippen LogP contribution in [0, 0.1) is 45.3 Å². The van der Waals surface area contributed by atoms with E-state index in [0.717, 1.165) is 0 Å². The van der Waals surface area contributed by atoms with Crippen molar-refractivity contribution in [3.8, 4) is 24.3 Å². The average Bonchev–Trinajstić information content (AvgIpc) is 3.16. The fraction of sp³-hybridized carbons (Fsp3) is 0.767. The number of allylic oxidation sites excluding steroid dienone is 2. The smallest absolute Gasteiger partial charge is 0.218 e. The Labute approximate surface area is 503 Å². The molecule has 0 aromatic carbocycles. The van der Waals surface area contributed by atoms with Gasteiger partial charge in [0.15, 0.2) is 5.83 Å². The summed E-state index contributed by atoms with van der Waals surface area (Å²) >= 11 is 24.9. The zero-order valence-electron chi connectivity index (χ0n) is 35.4. The van der Waals surface area contributed by atoms with E-state index in [4.69, 9.17) is 44.2 Å². The minimum atomic E-state index is -4.12. The first-order valence-electron chi connectivity index (χ1n) is 17.9. The molecule has 0 fully saturated rings. The number of nitrogens with zero attached hydrogens (tertiary/aromatic N) is 4. The van der Waals surface area contributed by atoms with Gasteiger partial charge in [0.25, 0.3) is 15.5 Å². The maximum Gasteiger partial charge on any atom is 0.369 e. The third kappa shape index (κ3) is 94.0. The monoisotopic (exact) mass is 1550 g/mol. The Morgan fingerprint density at radius 1 is 0.606 bits per heavy atom. The van der Waals surface area contributed by atoms with Crippen molar-refractivity contribution in [2.24, 2.45) is 0 Å². The van der Waals surface area contributed by atoms with E-state index in [1.165, 1.54) is 38.5 Å². The Bertz CT molecular complexity index is 1290. The van der Waals surface area contributed by atoms with E-state index in [2.05, 4.69) is 71.1 Å². The number of unbranched alkanes of at least 4 members (excludes halogenated alkanes) is 5. The summed E-state index contributed by atoms with van der Waals surface area (Å²) in [4.78, 5) is 0. The summed E-state index contributed by atoms with van der Waals surface area (Å²) in [6.45, 7) is 10.3. The second-order valence-electron chi connectivity index (χ2n) is 11.7. The summed E-state index contributed by atoms with van der Waals surface area (Å²) in [5.74, 6) is -1.41. The molecule has 0 aliphatic rings. The molecule has 0 aliphatic heterocycles. The van der Waals surface area contributed by atoms with Crippen LogP contribution >= 0.6 is 111 Å². The van der Waals surface area contributed by atoms with Gasteiger partial charge in [-0.2, -0.15) is 60.6 Å². The minimum Gasteiger partial charge on any atom is -0.218 e. The Morgan fingerprint density at radius 2 is 0.930 bits per heavy atom. The van der Waals surface area contributed by atoms with Gasteiger partial charge in [0.05, 0.1) is 30.7 Å². The molecule has 0 spiro atoms. The molecule has 0 saturated carbocycles. The minimum absolute atomic E-state index is 0. The Balaban J connectivity index is -0.0000000324.